The van der Waals surface area contributed by atoms with Gasteiger partial charge in [0.2, 0.25) is 11.9 Å². The van der Waals surface area contributed by atoms with E-state index < -0.39 is 0 Å². The van der Waals surface area contributed by atoms with E-state index in [1.807, 2.05) is 56.7 Å². The van der Waals surface area contributed by atoms with E-state index in [-0.39, 0.29) is 12.6 Å². The Balaban J connectivity index is 1.17. The molecule has 0 fully saturated rings. The number of aryl methyl sites for hydroxylation is 1. The topological polar surface area (TPSA) is 137 Å². The first-order valence-corrected chi connectivity index (χ1v) is 13.5. The molecule has 0 bridgehead atoms. The van der Waals surface area contributed by atoms with E-state index in [0.717, 1.165) is 29.6 Å². The fraction of sp³-hybridized carbons (Fsp3) is 0.286. The van der Waals surface area contributed by atoms with Gasteiger partial charge in [-0.2, -0.15) is 15.0 Å². The van der Waals surface area contributed by atoms with Crippen LogP contribution < -0.4 is 29.7 Å². The van der Waals surface area contributed by atoms with Gasteiger partial charge in [0.1, 0.15) is 23.8 Å². The van der Waals surface area contributed by atoms with Crippen LogP contribution in [0, 0.1) is 0 Å². The average molecular weight is 591 g/mol. The predicted molar refractivity (Wildman–Crippen MR) is 161 cm³/mol. The normalized spacial score (nSPS) is 10.9. The molecule has 0 aliphatic carbocycles. The van der Waals surface area contributed by atoms with Gasteiger partial charge < -0.3 is 29.7 Å². The van der Waals surface area contributed by atoms with Gasteiger partial charge in [0.05, 0.1) is 25.9 Å². The van der Waals surface area contributed by atoms with E-state index in [4.69, 9.17) is 25.8 Å². The molecule has 0 spiro atoms. The van der Waals surface area contributed by atoms with E-state index >= 15 is 0 Å². The second-order valence-electron chi connectivity index (χ2n) is 9.42. The van der Waals surface area contributed by atoms with Crippen molar-refractivity contribution in [2.45, 2.75) is 19.6 Å². The molecule has 0 saturated heterocycles. The lowest BCUT2D eigenvalue weighted by Gasteiger charge is -2.14. The lowest BCUT2D eigenvalue weighted by atomic mass is 10.2. The van der Waals surface area contributed by atoms with Crippen molar-refractivity contribution in [2.24, 2.45) is 0 Å². The molecule has 0 aliphatic heterocycles. The number of pyridine rings is 1. The first-order valence-electron chi connectivity index (χ1n) is 13.1. The molecule has 3 heterocycles. The summed E-state index contributed by atoms with van der Waals surface area (Å²) in [5.74, 6) is 1.99. The minimum atomic E-state index is 0.146. The molecule has 5 rings (SSSR count). The number of nitrogens with one attached hydrogen (secondary N) is 2. The van der Waals surface area contributed by atoms with Crippen molar-refractivity contribution in [1.29, 1.82) is 0 Å². The highest BCUT2D eigenvalue weighted by atomic mass is 35.5. The highest BCUT2D eigenvalue weighted by Gasteiger charge is 2.12. The van der Waals surface area contributed by atoms with Gasteiger partial charge in [-0.15, -0.1) is 5.10 Å². The summed E-state index contributed by atoms with van der Waals surface area (Å²) < 4.78 is 18.4. The molecule has 42 heavy (non-hydrogen) atoms. The molecule has 0 atom stereocenters. The standard InChI is InChI=1S/C28H31ClN10O3/c1-38(2)27-33-26(32-19-13-21(40-3)15-22(14-19)41-4)34-28(35-27)42-17-20-16-39(37-36-20)11-5-9-30-24-8-10-31-25-12-18(29)6-7-23(24)25/h6-8,10,12-16H,5,9,11,17H2,1-4H3,(H,30,31)(H,32,33,34,35). The number of benzene rings is 2. The molecule has 3 aromatic heterocycles. The van der Waals surface area contributed by atoms with Crippen LogP contribution in [0.25, 0.3) is 10.9 Å². The van der Waals surface area contributed by atoms with E-state index in [1.165, 1.54) is 0 Å². The zero-order chi connectivity index (χ0) is 29.5. The van der Waals surface area contributed by atoms with Gasteiger partial charge >= 0.3 is 6.01 Å². The first-order chi connectivity index (χ1) is 20.4. The summed E-state index contributed by atoms with van der Waals surface area (Å²) in [6, 6.07) is 13.2. The number of ether oxygens (including phenoxy) is 3. The molecule has 13 nitrogen and oxygen atoms in total. The van der Waals surface area contributed by atoms with Gasteiger partial charge in [-0.1, -0.05) is 16.8 Å². The summed E-state index contributed by atoms with van der Waals surface area (Å²) in [6.07, 6.45) is 4.46. The summed E-state index contributed by atoms with van der Waals surface area (Å²) in [4.78, 5) is 19.4. The molecule has 0 unspecified atom stereocenters. The molecular weight excluding hydrogens is 560 g/mol. The second kappa shape index (κ2) is 13.2. The van der Waals surface area contributed by atoms with Gasteiger partial charge in [0.25, 0.3) is 0 Å². The number of halogens is 1. The molecule has 0 amide bonds. The summed E-state index contributed by atoms with van der Waals surface area (Å²) in [5, 5.41) is 16.8. The van der Waals surface area contributed by atoms with Crippen LogP contribution in [0.4, 0.5) is 23.3 Å². The Hall–Kier alpha value is -4.91. The van der Waals surface area contributed by atoms with Crippen molar-refractivity contribution < 1.29 is 14.2 Å². The molecular formula is C28H31ClN10O3. The fourth-order valence-electron chi connectivity index (χ4n) is 4.07. The maximum absolute atomic E-state index is 6.09. The molecule has 2 aromatic carbocycles. The highest BCUT2D eigenvalue weighted by molar-refractivity contribution is 6.31. The number of methoxy groups -OCH3 is 2. The van der Waals surface area contributed by atoms with Crippen molar-refractivity contribution >= 4 is 45.8 Å². The maximum Gasteiger partial charge on any atom is 0.323 e. The quantitative estimate of drug-likeness (QED) is 0.186. The molecule has 5 aromatic rings. The van der Waals surface area contributed by atoms with E-state index in [2.05, 4.69) is 40.9 Å². The van der Waals surface area contributed by atoms with Gasteiger partial charge in [0.15, 0.2) is 0 Å². The number of rotatable bonds is 13. The van der Waals surface area contributed by atoms with Gasteiger partial charge in [-0.3, -0.25) is 9.67 Å². The largest absolute Gasteiger partial charge is 0.497 e. The third kappa shape index (κ3) is 7.23. The van der Waals surface area contributed by atoms with Gasteiger partial charge in [-0.25, -0.2) is 0 Å². The zero-order valence-corrected chi connectivity index (χ0v) is 24.5. The first kappa shape index (κ1) is 28.6. The molecule has 218 valence electrons. The second-order valence-corrected chi connectivity index (χ2v) is 9.86. The summed E-state index contributed by atoms with van der Waals surface area (Å²) in [6.45, 7) is 1.58. The number of aromatic nitrogens is 7. The zero-order valence-electron chi connectivity index (χ0n) is 23.7. The maximum atomic E-state index is 6.09. The molecule has 0 aliphatic rings. The summed E-state index contributed by atoms with van der Waals surface area (Å²) in [5.41, 5.74) is 3.21. The Morgan fingerprint density at radius 3 is 2.55 bits per heavy atom. The van der Waals surface area contributed by atoms with Crippen molar-refractivity contribution in [3.63, 3.8) is 0 Å². The number of nitrogens with zero attached hydrogens (tertiary/aromatic N) is 8. The summed E-state index contributed by atoms with van der Waals surface area (Å²) in [7, 11) is 6.85. The van der Waals surface area contributed by atoms with Crippen LogP contribution in [0.3, 0.4) is 0 Å². The van der Waals surface area contributed by atoms with Crippen LogP contribution in [-0.4, -0.2) is 69.8 Å². The molecule has 0 radical (unpaired) electrons. The minimum absolute atomic E-state index is 0.146. The van der Waals surface area contributed by atoms with Crippen LogP contribution in [0.5, 0.6) is 17.5 Å². The third-order valence-corrected chi connectivity index (χ3v) is 6.37. The average Bonchev–Trinajstić information content (AvgIpc) is 3.45. The van der Waals surface area contributed by atoms with Gasteiger partial charge in [-0.05, 0) is 30.7 Å². The predicted octanol–water partition coefficient (Wildman–Crippen LogP) is 4.57. The number of fused-ring (bicyclic) bond motifs is 1. The molecule has 2 N–H and O–H groups in total. The lowest BCUT2D eigenvalue weighted by Crippen LogP contribution is -2.15. The van der Waals surface area contributed by atoms with Crippen molar-refractivity contribution in [1.82, 2.24) is 34.9 Å². The Morgan fingerprint density at radius 2 is 1.79 bits per heavy atom. The smallest absolute Gasteiger partial charge is 0.323 e. The Bertz CT molecular complexity index is 1640. The Morgan fingerprint density at radius 1 is 0.976 bits per heavy atom. The number of anilines is 4. The number of hydrogen-bond donors (Lipinski definition) is 2. The minimum Gasteiger partial charge on any atom is -0.497 e. The van der Waals surface area contributed by atoms with Crippen molar-refractivity contribution in [3.05, 3.63) is 65.6 Å². The Labute approximate surface area is 247 Å². The van der Waals surface area contributed by atoms with Crippen molar-refractivity contribution in [2.75, 3.05) is 50.4 Å². The lowest BCUT2D eigenvalue weighted by molar-refractivity contribution is 0.276. The van der Waals surface area contributed by atoms with Crippen molar-refractivity contribution in [3.8, 4) is 17.5 Å². The van der Waals surface area contributed by atoms with Crippen LogP contribution >= 0.6 is 11.6 Å². The molecule has 14 heteroatoms. The Kier molecular flexibility index (Phi) is 8.97. The summed E-state index contributed by atoms with van der Waals surface area (Å²) >= 11 is 6.09. The van der Waals surface area contributed by atoms with Gasteiger partial charge in [0, 0.05) is 73.4 Å². The highest BCUT2D eigenvalue weighted by Crippen LogP contribution is 2.28. The van der Waals surface area contributed by atoms with E-state index in [1.54, 1.807) is 36.1 Å². The van der Waals surface area contributed by atoms with Crippen LogP contribution in [0.2, 0.25) is 5.02 Å². The molecule has 0 saturated carbocycles. The fourth-order valence-corrected chi connectivity index (χ4v) is 4.23. The monoisotopic (exact) mass is 590 g/mol. The van der Waals surface area contributed by atoms with E-state index in [0.29, 0.717) is 46.3 Å². The van der Waals surface area contributed by atoms with Crippen LogP contribution in [-0.2, 0) is 13.2 Å². The van der Waals surface area contributed by atoms with Crippen LogP contribution in [0.1, 0.15) is 12.1 Å². The van der Waals surface area contributed by atoms with Crippen LogP contribution in [0.15, 0.2) is 54.9 Å². The third-order valence-electron chi connectivity index (χ3n) is 6.13. The van der Waals surface area contributed by atoms with E-state index in [9.17, 15) is 0 Å². The SMILES string of the molecule is COc1cc(Nc2nc(OCc3cn(CCCNc4ccnc5cc(Cl)ccc45)nn3)nc(N(C)C)n2)cc(OC)c1. The number of hydrogen-bond acceptors (Lipinski definition) is 12.